The molecule has 3 N–H and O–H groups in total. The maximum atomic E-state index is 11.1. The van der Waals surface area contributed by atoms with Crippen LogP contribution in [0.3, 0.4) is 0 Å². The van der Waals surface area contributed by atoms with Crippen LogP contribution in [0.5, 0.6) is 0 Å². The van der Waals surface area contributed by atoms with Gasteiger partial charge in [0.1, 0.15) is 5.82 Å². The van der Waals surface area contributed by atoms with Crippen molar-refractivity contribution in [3.8, 4) is 0 Å². The highest BCUT2D eigenvalue weighted by Gasteiger charge is 2.07. The number of nitrogens with one attached hydrogen (secondary N) is 2. The number of nitrogens with zero attached hydrogens (tertiary/aromatic N) is 3. The molecule has 0 saturated carbocycles. The predicted octanol–water partition coefficient (Wildman–Crippen LogP) is 4.04. The van der Waals surface area contributed by atoms with Gasteiger partial charge in [0.2, 0.25) is 5.95 Å². The molecule has 7 nitrogen and oxygen atoms in total. The lowest BCUT2D eigenvalue weighted by molar-refractivity contribution is 0.0697. The van der Waals surface area contributed by atoms with E-state index in [0.29, 0.717) is 17.5 Å². The first-order valence-corrected chi connectivity index (χ1v) is 8.41. The molecule has 27 heavy (non-hydrogen) atoms. The molecule has 7 heteroatoms. The molecule has 0 aliphatic rings. The highest BCUT2D eigenvalue weighted by atomic mass is 16.4. The first-order valence-electron chi connectivity index (χ1n) is 8.41. The maximum Gasteiger partial charge on any atom is 0.335 e. The van der Waals surface area contributed by atoms with E-state index < -0.39 is 5.97 Å². The largest absolute Gasteiger partial charge is 0.478 e. The van der Waals surface area contributed by atoms with Gasteiger partial charge in [-0.3, -0.25) is 0 Å². The summed E-state index contributed by atoms with van der Waals surface area (Å²) >= 11 is 0. The third-order valence-electron chi connectivity index (χ3n) is 3.88. The Morgan fingerprint density at radius 1 is 0.963 bits per heavy atom. The molecule has 138 valence electrons. The molecule has 1 heterocycles. The van der Waals surface area contributed by atoms with E-state index in [2.05, 4.69) is 20.6 Å². The molecule has 0 unspecified atom stereocenters. The molecule has 0 aliphatic heterocycles. The summed E-state index contributed by atoms with van der Waals surface area (Å²) in [4.78, 5) is 22.0. The summed E-state index contributed by atoms with van der Waals surface area (Å²) in [7, 11) is 3.98. The third kappa shape index (κ3) is 4.72. The van der Waals surface area contributed by atoms with Crippen LogP contribution in [-0.4, -0.2) is 35.1 Å². The van der Waals surface area contributed by atoms with E-state index in [0.717, 1.165) is 17.1 Å². The smallest absolute Gasteiger partial charge is 0.335 e. The molecule has 1 aromatic heterocycles. The molecule has 0 saturated heterocycles. The van der Waals surface area contributed by atoms with Gasteiger partial charge in [-0.15, -0.1) is 0 Å². The fourth-order valence-electron chi connectivity index (χ4n) is 2.54. The molecule has 0 atom stereocenters. The highest BCUT2D eigenvalue weighted by Crippen LogP contribution is 2.21. The standard InChI is InChI=1S/C20H21N5O2/c1-13-11-18(22-16-6-4-5-14(12-16)19(26)27)24-20(21-13)23-15-7-9-17(10-8-15)25(2)3/h4-12H,1-3H3,(H,26,27)(H2,21,22,23,24). The van der Waals surface area contributed by atoms with Gasteiger partial charge in [-0.05, 0) is 49.4 Å². The first kappa shape index (κ1) is 18.2. The lowest BCUT2D eigenvalue weighted by Crippen LogP contribution is -2.08. The number of hydrogen-bond donors (Lipinski definition) is 3. The number of aromatic nitrogens is 2. The van der Waals surface area contributed by atoms with Crippen molar-refractivity contribution < 1.29 is 9.90 Å². The van der Waals surface area contributed by atoms with E-state index in [1.54, 1.807) is 30.3 Å². The van der Waals surface area contributed by atoms with Crippen molar-refractivity contribution in [1.82, 2.24) is 9.97 Å². The fraction of sp³-hybridized carbons (Fsp3) is 0.150. The molecular weight excluding hydrogens is 342 g/mol. The zero-order chi connectivity index (χ0) is 19.4. The van der Waals surface area contributed by atoms with E-state index in [1.807, 2.05) is 50.2 Å². The van der Waals surface area contributed by atoms with Crippen molar-refractivity contribution in [2.45, 2.75) is 6.92 Å². The number of rotatable bonds is 6. The van der Waals surface area contributed by atoms with E-state index in [1.165, 1.54) is 0 Å². The van der Waals surface area contributed by atoms with Crippen LogP contribution < -0.4 is 15.5 Å². The van der Waals surface area contributed by atoms with Crippen LogP contribution in [0.15, 0.2) is 54.6 Å². The number of anilines is 5. The van der Waals surface area contributed by atoms with E-state index in [-0.39, 0.29) is 5.56 Å². The monoisotopic (exact) mass is 363 g/mol. The summed E-state index contributed by atoms with van der Waals surface area (Å²) in [6.45, 7) is 1.88. The Kier molecular flexibility index (Phi) is 5.21. The van der Waals surface area contributed by atoms with Gasteiger partial charge in [0, 0.05) is 42.9 Å². The molecule has 0 radical (unpaired) electrons. The minimum Gasteiger partial charge on any atom is -0.478 e. The van der Waals surface area contributed by atoms with Crippen LogP contribution in [0, 0.1) is 6.92 Å². The van der Waals surface area contributed by atoms with Crippen LogP contribution in [0.1, 0.15) is 16.1 Å². The summed E-state index contributed by atoms with van der Waals surface area (Å²) < 4.78 is 0. The number of carboxylic acid groups (broad SMARTS) is 1. The summed E-state index contributed by atoms with van der Waals surface area (Å²) in [5, 5.41) is 15.4. The average molecular weight is 363 g/mol. The number of benzene rings is 2. The number of carbonyl (C=O) groups is 1. The first-order chi connectivity index (χ1) is 12.9. The van der Waals surface area contributed by atoms with Crippen molar-refractivity contribution in [2.24, 2.45) is 0 Å². The van der Waals surface area contributed by atoms with Crippen LogP contribution >= 0.6 is 0 Å². The van der Waals surface area contributed by atoms with Gasteiger partial charge in [-0.2, -0.15) is 4.98 Å². The Labute approximate surface area is 157 Å². The van der Waals surface area contributed by atoms with Gasteiger partial charge >= 0.3 is 5.97 Å². The molecular formula is C20H21N5O2. The van der Waals surface area contributed by atoms with Gasteiger partial charge in [-0.25, -0.2) is 9.78 Å². The summed E-state index contributed by atoms with van der Waals surface area (Å²) in [6, 6.07) is 16.3. The van der Waals surface area contributed by atoms with Crippen LogP contribution in [0.2, 0.25) is 0 Å². The Morgan fingerprint density at radius 2 is 1.70 bits per heavy atom. The Bertz CT molecular complexity index is 955. The van der Waals surface area contributed by atoms with Crippen molar-refractivity contribution in [2.75, 3.05) is 29.6 Å². The number of carboxylic acids is 1. The Morgan fingerprint density at radius 3 is 2.37 bits per heavy atom. The predicted molar refractivity (Wildman–Crippen MR) is 108 cm³/mol. The van der Waals surface area contributed by atoms with Crippen molar-refractivity contribution in [1.29, 1.82) is 0 Å². The minimum atomic E-state index is -0.971. The Balaban J connectivity index is 1.80. The second-order valence-electron chi connectivity index (χ2n) is 6.30. The quantitative estimate of drug-likeness (QED) is 0.609. The van der Waals surface area contributed by atoms with Gasteiger partial charge in [0.15, 0.2) is 0 Å². The zero-order valence-electron chi connectivity index (χ0n) is 15.4. The highest BCUT2D eigenvalue weighted by molar-refractivity contribution is 5.89. The summed E-state index contributed by atoms with van der Waals surface area (Å²) in [5.74, 6) is 0.0722. The zero-order valence-corrected chi connectivity index (χ0v) is 15.4. The number of aryl methyl sites for hydroxylation is 1. The second kappa shape index (κ2) is 7.74. The molecule has 0 spiro atoms. The molecule has 0 fully saturated rings. The lowest BCUT2D eigenvalue weighted by atomic mass is 10.2. The third-order valence-corrected chi connectivity index (χ3v) is 3.88. The molecule has 3 aromatic rings. The molecule has 0 amide bonds. The van der Waals surface area contributed by atoms with Gasteiger partial charge < -0.3 is 20.6 Å². The van der Waals surface area contributed by atoms with Crippen molar-refractivity contribution >= 4 is 34.8 Å². The minimum absolute atomic E-state index is 0.213. The normalized spacial score (nSPS) is 10.3. The fourth-order valence-corrected chi connectivity index (χ4v) is 2.54. The lowest BCUT2D eigenvalue weighted by Gasteiger charge is -2.13. The van der Waals surface area contributed by atoms with Crippen LogP contribution in [0.25, 0.3) is 0 Å². The Hall–Kier alpha value is -3.61. The van der Waals surface area contributed by atoms with Crippen LogP contribution in [0.4, 0.5) is 28.8 Å². The SMILES string of the molecule is Cc1cc(Nc2cccc(C(=O)O)c2)nc(Nc2ccc(N(C)C)cc2)n1. The maximum absolute atomic E-state index is 11.1. The van der Waals surface area contributed by atoms with Crippen molar-refractivity contribution in [3.05, 3.63) is 65.9 Å². The molecule has 0 aliphatic carbocycles. The topological polar surface area (TPSA) is 90.4 Å². The van der Waals surface area contributed by atoms with E-state index >= 15 is 0 Å². The number of hydrogen-bond acceptors (Lipinski definition) is 6. The second-order valence-corrected chi connectivity index (χ2v) is 6.30. The van der Waals surface area contributed by atoms with E-state index in [9.17, 15) is 4.79 Å². The van der Waals surface area contributed by atoms with E-state index in [4.69, 9.17) is 5.11 Å². The van der Waals surface area contributed by atoms with Crippen molar-refractivity contribution in [3.63, 3.8) is 0 Å². The van der Waals surface area contributed by atoms with Gasteiger partial charge in [0.05, 0.1) is 5.56 Å². The molecule has 2 aromatic carbocycles. The summed E-state index contributed by atoms with van der Waals surface area (Å²) in [6.07, 6.45) is 0. The summed E-state index contributed by atoms with van der Waals surface area (Å²) in [5.41, 5.74) is 3.63. The molecule has 0 bridgehead atoms. The van der Waals surface area contributed by atoms with Gasteiger partial charge in [-0.1, -0.05) is 6.07 Å². The van der Waals surface area contributed by atoms with Crippen LogP contribution in [-0.2, 0) is 0 Å². The average Bonchev–Trinajstić information content (AvgIpc) is 2.62. The number of aromatic carboxylic acids is 1. The molecule has 3 rings (SSSR count). The van der Waals surface area contributed by atoms with Gasteiger partial charge in [0.25, 0.3) is 0 Å².